The maximum Gasteiger partial charge on any atom is 0.246 e. The predicted molar refractivity (Wildman–Crippen MR) is 113 cm³/mol. The number of rotatable bonds is 7. The first-order chi connectivity index (χ1) is 14.8. The number of carbonyl (C=O) groups is 1. The summed E-state index contributed by atoms with van der Waals surface area (Å²) >= 11 is 0. The largest absolute Gasteiger partial charge is 0.495 e. The molecular weight excluding hydrogens is 427 g/mol. The van der Waals surface area contributed by atoms with E-state index in [1.807, 2.05) is 0 Å². The first kappa shape index (κ1) is 22.8. The van der Waals surface area contributed by atoms with E-state index in [9.17, 15) is 17.6 Å². The molecular formula is C21H25FN2O6S. The zero-order valence-electron chi connectivity index (χ0n) is 17.6. The second-order valence-electron chi connectivity index (χ2n) is 7.06. The topological polar surface area (TPSA) is 94.2 Å². The highest BCUT2D eigenvalue weighted by Crippen LogP contribution is 2.32. The summed E-state index contributed by atoms with van der Waals surface area (Å²) in [5, 5.41) is 2.80. The van der Waals surface area contributed by atoms with Crippen molar-refractivity contribution in [2.75, 3.05) is 39.7 Å². The van der Waals surface area contributed by atoms with Crippen LogP contribution in [0, 0.1) is 11.7 Å². The molecule has 31 heavy (non-hydrogen) atoms. The van der Waals surface area contributed by atoms with Gasteiger partial charge in [0.2, 0.25) is 15.9 Å². The van der Waals surface area contributed by atoms with Crippen LogP contribution in [0.25, 0.3) is 0 Å². The third kappa shape index (κ3) is 4.91. The van der Waals surface area contributed by atoms with E-state index < -0.39 is 21.8 Å². The average Bonchev–Trinajstić information content (AvgIpc) is 2.79. The number of benzene rings is 2. The maximum atomic E-state index is 13.7. The lowest BCUT2D eigenvalue weighted by atomic mass is 9.98. The molecule has 0 aromatic heterocycles. The molecule has 1 atom stereocenters. The Labute approximate surface area is 181 Å². The molecule has 1 heterocycles. The van der Waals surface area contributed by atoms with Crippen LogP contribution in [0.3, 0.4) is 0 Å². The van der Waals surface area contributed by atoms with Crippen LogP contribution in [-0.2, 0) is 14.8 Å². The van der Waals surface area contributed by atoms with Gasteiger partial charge in [0, 0.05) is 24.8 Å². The molecule has 0 radical (unpaired) electrons. The van der Waals surface area contributed by atoms with Crippen LogP contribution < -0.4 is 19.5 Å². The van der Waals surface area contributed by atoms with Crippen molar-refractivity contribution in [3.8, 4) is 17.2 Å². The Morgan fingerprint density at radius 2 is 1.71 bits per heavy atom. The lowest BCUT2D eigenvalue weighted by Gasteiger charge is -2.31. The van der Waals surface area contributed by atoms with Crippen molar-refractivity contribution in [3.63, 3.8) is 0 Å². The minimum Gasteiger partial charge on any atom is -0.495 e. The van der Waals surface area contributed by atoms with Crippen LogP contribution in [0.4, 0.5) is 10.1 Å². The van der Waals surface area contributed by atoms with E-state index >= 15 is 0 Å². The molecule has 0 saturated carbocycles. The Kier molecular flexibility index (Phi) is 7.01. The molecule has 1 N–H and O–H groups in total. The van der Waals surface area contributed by atoms with Gasteiger partial charge in [-0.1, -0.05) is 0 Å². The van der Waals surface area contributed by atoms with Gasteiger partial charge in [0.25, 0.3) is 0 Å². The van der Waals surface area contributed by atoms with E-state index in [1.54, 1.807) is 18.2 Å². The first-order valence-electron chi connectivity index (χ1n) is 9.66. The second-order valence-corrected chi connectivity index (χ2v) is 8.96. The third-order valence-electron chi connectivity index (χ3n) is 5.15. The summed E-state index contributed by atoms with van der Waals surface area (Å²) in [5.74, 6) is -0.502. The van der Waals surface area contributed by atoms with Crippen molar-refractivity contribution < 1.29 is 31.8 Å². The molecule has 3 rings (SSSR count). The van der Waals surface area contributed by atoms with Gasteiger partial charge in [-0.15, -0.1) is 0 Å². The van der Waals surface area contributed by atoms with Crippen molar-refractivity contribution in [2.45, 2.75) is 17.7 Å². The molecule has 8 nitrogen and oxygen atoms in total. The molecule has 1 amide bonds. The fraction of sp³-hybridized carbons (Fsp3) is 0.381. The molecule has 1 fully saturated rings. The van der Waals surface area contributed by atoms with E-state index in [2.05, 4.69) is 5.32 Å². The molecule has 2 aromatic carbocycles. The number of sulfonamides is 1. The normalized spacial score (nSPS) is 17.1. The number of carbonyl (C=O) groups excluding carboxylic acids is 1. The van der Waals surface area contributed by atoms with E-state index in [-0.39, 0.29) is 29.6 Å². The van der Waals surface area contributed by atoms with Crippen LogP contribution in [0.2, 0.25) is 0 Å². The molecule has 0 aliphatic carbocycles. The SMILES string of the molecule is COc1ccc(NC(=O)[C@H]2CCCN(S(=O)(=O)c3cc(F)ccc3OC)C2)cc1OC. The average molecular weight is 453 g/mol. The highest BCUT2D eigenvalue weighted by Gasteiger charge is 2.35. The van der Waals surface area contributed by atoms with Gasteiger partial charge < -0.3 is 19.5 Å². The summed E-state index contributed by atoms with van der Waals surface area (Å²) in [6.07, 6.45) is 1.03. The van der Waals surface area contributed by atoms with Crippen molar-refractivity contribution >= 4 is 21.6 Å². The Balaban J connectivity index is 1.77. The number of methoxy groups -OCH3 is 3. The Bertz CT molecular complexity index is 1060. The molecule has 0 spiro atoms. The first-order valence-corrected chi connectivity index (χ1v) is 11.1. The number of hydrogen-bond acceptors (Lipinski definition) is 6. The zero-order chi connectivity index (χ0) is 22.6. The molecule has 0 unspecified atom stereocenters. The quantitative estimate of drug-likeness (QED) is 0.694. The monoisotopic (exact) mass is 452 g/mol. The Hall–Kier alpha value is -2.85. The number of halogens is 1. The molecule has 1 saturated heterocycles. The number of nitrogens with one attached hydrogen (secondary N) is 1. The van der Waals surface area contributed by atoms with Gasteiger partial charge in [0.15, 0.2) is 11.5 Å². The van der Waals surface area contributed by atoms with Crippen molar-refractivity contribution in [2.24, 2.45) is 5.92 Å². The fourth-order valence-electron chi connectivity index (χ4n) is 3.52. The van der Waals surface area contributed by atoms with Gasteiger partial charge >= 0.3 is 0 Å². The van der Waals surface area contributed by atoms with Crippen LogP contribution >= 0.6 is 0 Å². The van der Waals surface area contributed by atoms with Gasteiger partial charge in [0.1, 0.15) is 16.5 Å². The third-order valence-corrected chi connectivity index (χ3v) is 7.04. The zero-order valence-corrected chi connectivity index (χ0v) is 18.4. The maximum absolute atomic E-state index is 13.7. The number of hydrogen-bond donors (Lipinski definition) is 1. The number of anilines is 1. The number of piperidine rings is 1. The lowest BCUT2D eigenvalue weighted by molar-refractivity contribution is -0.120. The van der Waals surface area contributed by atoms with Crippen LogP contribution in [0.5, 0.6) is 17.2 Å². The smallest absolute Gasteiger partial charge is 0.246 e. The highest BCUT2D eigenvalue weighted by molar-refractivity contribution is 7.89. The van der Waals surface area contributed by atoms with Crippen molar-refractivity contribution in [1.29, 1.82) is 0 Å². The van der Waals surface area contributed by atoms with E-state index in [1.165, 1.54) is 31.7 Å². The minimum atomic E-state index is -4.03. The van der Waals surface area contributed by atoms with Gasteiger partial charge in [-0.05, 0) is 43.2 Å². The standard InChI is InChI=1S/C21H25FN2O6S/c1-28-17-9-7-16(12-19(17)30-3)23-21(25)14-5-4-10-24(13-14)31(26,27)20-11-15(22)6-8-18(20)29-2/h6-9,11-12,14H,4-5,10,13H2,1-3H3,(H,23,25)/t14-/m0/s1. The minimum absolute atomic E-state index is 0.0128. The van der Waals surface area contributed by atoms with Gasteiger partial charge in [-0.3, -0.25) is 4.79 Å². The van der Waals surface area contributed by atoms with Crippen molar-refractivity contribution in [3.05, 3.63) is 42.2 Å². The molecule has 1 aliphatic heterocycles. The van der Waals surface area contributed by atoms with Crippen molar-refractivity contribution in [1.82, 2.24) is 4.31 Å². The lowest BCUT2D eigenvalue weighted by Crippen LogP contribution is -2.43. The van der Waals surface area contributed by atoms with Crippen LogP contribution in [0.1, 0.15) is 12.8 Å². The second kappa shape index (κ2) is 9.52. The predicted octanol–water partition coefficient (Wildman–Crippen LogP) is 2.89. The van der Waals surface area contributed by atoms with Gasteiger partial charge in [-0.25, -0.2) is 12.8 Å². The Morgan fingerprint density at radius 1 is 1.03 bits per heavy atom. The number of nitrogens with zero attached hydrogens (tertiary/aromatic N) is 1. The van der Waals surface area contributed by atoms with Gasteiger partial charge in [0.05, 0.1) is 27.2 Å². The molecule has 1 aliphatic rings. The van der Waals surface area contributed by atoms with E-state index in [4.69, 9.17) is 14.2 Å². The highest BCUT2D eigenvalue weighted by atomic mass is 32.2. The van der Waals surface area contributed by atoms with Gasteiger partial charge in [-0.2, -0.15) is 4.31 Å². The van der Waals surface area contributed by atoms with E-state index in [0.717, 1.165) is 12.1 Å². The van der Waals surface area contributed by atoms with Crippen LogP contribution in [0.15, 0.2) is 41.3 Å². The summed E-state index contributed by atoms with van der Waals surface area (Å²) < 4.78 is 56.7. The summed E-state index contributed by atoms with van der Waals surface area (Å²) in [7, 11) is 0.296. The summed E-state index contributed by atoms with van der Waals surface area (Å²) in [6, 6.07) is 8.31. The number of amides is 1. The molecule has 2 aromatic rings. The van der Waals surface area contributed by atoms with Crippen LogP contribution in [-0.4, -0.2) is 53.0 Å². The molecule has 0 bridgehead atoms. The number of ether oxygens (including phenoxy) is 3. The Morgan fingerprint density at radius 3 is 2.39 bits per heavy atom. The fourth-order valence-corrected chi connectivity index (χ4v) is 5.22. The summed E-state index contributed by atoms with van der Waals surface area (Å²) in [5.41, 5.74) is 0.509. The summed E-state index contributed by atoms with van der Waals surface area (Å²) in [6.45, 7) is 0.225. The summed E-state index contributed by atoms with van der Waals surface area (Å²) in [4.78, 5) is 12.6. The molecule has 10 heteroatoms. The molecule has 168 valence electrons. The van der Waals surface area contributed by atoms with E-state index in [0.29, 0.717) is 30.0 Å².